The Morgan fingerprint density at radius 3 is 2.22 bits per heavy atom. The summed E-state index contributed by atoms with van der Waals surface area (Å²) in [6, 6.07) is 8.43. The number of nitrogens with one attached hydrogen (secondary N) is 3. The predicted molar refractivity (Wildman–Crippen MR) is 171 cm³/mol. The first-order valence-corrected chi connectivity index (χ1v) is 16.3. The minimum atomic E-state index is -0.994. The number of hydrogen-bond donors (Lipinski definition) is 3. The van der Waals surface area contributed by atoms with Crippen molar-refractivity contribution in [3.63, 3.8) is 0 Å². The van der Waals surface area contributed by atoms with Crippen molar-refractivity contribution >= 4 is 23.5 Å². The van der Waals surface area contributed by atoms with Crippen molar-refractivity contribution in [2.75, 3.05) is 26.4 Å². The van der Waals surface area contributed by atoms with E-state index in [1.165, 1.54) is 0 Å². The van der Waals surface area contributed by atoms with Crippen LogP contribution in [0.25, 0.3) is 0 Å². The predicted octanol–water partition coefficient (Wildman–Crippen LogP) is 2.66. The molecule has 3 heterocycles. The molecule has 0 spiro atoms. The van der Waals surface area contributed by atoms with Crippen molar-refractivity contribution in [3.8, 4) is 0 Å². The number of Topliss-reactive ketones (excluding diaryl/α,β-unsaturated/α-hetero) is 1. The second-order valence-corrected chi connectivity index (χ2v) is 13.6. The molecule has 2 saturated heterocycles. The van der Waals surface area contributed by atoms with Crippen LogP contribution < -0.4 is 16.0 Å². The number of benzene rings is 1. The molecule has 1 aromatic heterocycles. The van der Waals surface area contributed by atoms with Crippen molar-refractivity contribution in [2.24, 2.45) is 11.8 Å². The molecule has 4 rings (SSSR count). The summed E-state index contributed by atoms with van der Waals surface area (Å²) < 4.78 is 16.3. The van der Waals surface area contributed by atoms with E-state index in [0.717, 1.165) is 12.1 Å². The van der Waals surface area contributed by atoms with Gasteiger partial charge in [0.05, 0.1) is 32.4 Å². The molecule has 2 aromatic rings. The molecular weight excluding hydrogens is 590 g/mol. The quantitative estimate of drug-likeness (QED) is 0.235. The Morgan fingerprint density at radius 2 is 1.59 bits per heavy atom. The molecule has 3 amide bonds. The van der Waals surface area contributed by atoms with Gasteiger partial charge in [0.25, 0.3) is 5.91 Å². The van der Waals surface area contributed by atoms with Crippen LogP contribution in [0.4, 0.5) is 0 Å². The van der Waals surface area contributed by atoms with Gasteiger partial charge in [0.1, 0.15) is 17.7 Å². The first-order valence-electron chi connectivity index (χ1n) is 16.3. The number of amides is 3. The summed E-state index contributed by atoms with van der Waals surface area (Å²) in [6.07, 6.45) is 0.965. The number of nitrogens with zero attached hydrogens (tertiary/aromatic N) is 2. The van der Waals surface area contributed by atoms with E-state index in [4.69, 9.17) is 14.0 Å². The van der Waals surface area contributed by atoms with Gasteiger partial charge in [-0.15, -0.1) is 0 Å². The molecule has 1 aromatic carbocycles. The van der Waals surface area contributed by atoms with Gasteiger partial charge < -0.3 is 29.9 Å². The summed E-state index contributed by atoms with van der Waals surface area (Å²) in [5.41, 5.74) is 0.00206. The van der Waals surface area contributed by atoms with Crippen LogP contribution in [0.15, 0.2) is 40.9 Å². The largest absolute Gasteiger partial charge is 0.379 e. The number of epoxide rings is 1. The van der Waals surface area contributed by atoms with Crippen molar-refractivity contribution < 1.29 is 33.2 Å². The zero-order valence-corrected chi connectivity index (χ0v) is 27.8. The van der Waals surface area contributed by atoms with E-state index in [2.05, 4.69) is 32.9 Å². The van der Waals surface area contributed by atoms with Crippen LogP contribution in [0.1, 0.15) is 76.2 Å². The van der Waals surface area contributed by atoms with E-state index in [1.807, 2.05) is 58.0 Å². The molecule has 2 aliphatic rings. The van der Waals surface area contributed by atoms with Crippen LogP contribution in [-0.4, -0.2) is 89.7 Å². The molecule has 0 unspecified atom stereocenters. The summed E-state index contributed by atoms with van der Waals surface area (Å²) in [5, 5.41) is 12.5. The lowest BCUT2D eigenvalue weighted by molar-refractivity contribution is -0.133. The molecule has 0 radical (unpaired) electrons. The van der Waals surface area contributed by atoms with Crippen LogP contribution in [-0.2, 0) is 36.8 Å². The zero-order chi connectivity index (χ0) is 33.4. The van der Waals surface area contributed by atoms with Crippen molar-refractivity contribution in [1.82, 2.24) is 26.0 Å². The fraction of sp³-hybridized carbons (Fsp3) is 0.618. The Balaban J connectivity index is 1.47. The molecule has 12 nitrogen and oxygen atoms in total. The summed E-state index contributed by atoms with van der Waals surface area (Å²) in [4.78, 5) is 56.2. The molecule has 0 saturated carbocycles. The molecule has 252 valence electrons. The highest BCUT2D eigenvalue weighted by atomic mass is 16.6. The summed E-state index contributed by atoms with van der Waals surface area (Å²) in [5.74, 6) is -0.977. The van der Waals surface area contributed by atoms with E-state index in [9.17, 15) is 19.2 Å². The lowest BCUT2D eigenvalue weighted by Crippen LogP contribution is -2.57. The number of carbonyl (C=O) groups is 4. The van der Waals surface area contributed by atoms with Gasteiger partial charge in [0.2, 0.25) is 11.8 Å². The molecule has 5 atom stereocenters. The van der Waals surface area contributed by atoms with Crippen molar-refractivity contribution in [2.45, 2.75) is 97.1 Å². The molecule has 46 heavy (non-hydrogen) atoms. The number of hydrogen-bond acceptors (Lipinski definition) is 9. The number of ketones is 1. The number of aromatic nitrogens is 1. The second-order valence-electron chi connectivity index (χ2n) is 13.6. The molecule has 12 heteroatoms. The van der Waals surface area contributed by atoms with E-state index >= 15 is 0 Å². The standard InChI is InChI=1S/C34H49N5O7/c1-21(2)14-26(30(40)34(6)20-45-34)35-32(42)28(16-24-10-8-7-9-11-24)37-31(41)27(15-22(3)4)36-33(43)29-17-25(46-38-29)18-39-12-13-44-19-23(39)5/h7-11,17,21-23,26-28H,12-16,18-20H2,1-6H3,(H,35,42)(H,36,43)(H,37,41)/t23-,26-,27-,28-,34+/m0/s1. The lowest BCUT2D eigenvalue weighted by atomic mass is 9.93. The fourth-order valence-corrected chi connectivity index (χ4v) is 5.55. The molecule has 0 aliphatic carbocycles. The molecule has 0 bridgehead atoms. The normalized spacial score (nSPS) is 21.8. The lowest BCUT2D eigenvalue weighted by Gasteiger charge is -2.32. The third-order valence-corrected chi connectivity index (χ3v) is 8.34. The third-order valence-electron chi connectivity index (χ3n) is 8.34. The maximum Gasteiger partial charge on any atom is 0.274 e. The smallest absolute Gasteiger partial charge is 0.274 e. The third kappa shape index (κ3) is 9.94. The minimum absolute atomic E-state index is 0.0560. The first kappa shape index (κ1) is 35.2. The van der Waals surface area contributed by atoms with Gasteiger partial charge in [-0.05, 0) is 44.1 Å². The van der Waals surface area contributed by atoms with Gasteiger partial charge in [0, 0.05) is 25.1 Å². The van der Waals surface area contributed by atoms with E-state index < -0.39 is 41.4 Å². The monoisotopic (exact) mass is 639 g/mol. The Bertz CT molecular complexity index is 1340. The molecular formula is C34H49N5O7. The molecule has 2 fully saturated rings. The molecule has 3 N–H and O–H groups in total. The minimum Gasteiger partial charge on any atom is -0.379 e. The highest BCUT2D eigenvalue weighted by molar-refractivity contribution is 5.99. The van der Waals surface area contributed by atoms with E-state index in [0.29, 0.717) is 45.0 Å². The summed E-state index contributed by atoms with van der Waals surface area (Å²) >= 11 is 0. The molecule has 2 aliphatic heterocycles. The van der Waals surface area contributed by atoms with E-state index in [-0.39, 0.29) is 35.8 Å². The van der Waals surface area contributed by atoms with Gasteiger partial charge in [-0.2, -0.15) is 0 Å². The Hall–Kier alpha value is -3.61. The Kier molecular flexibility index (Phi) is 12.1. The summed E-state index contributed by atoms with van der Waals surface area (Å²) in [6.45, 7) is 14.4. The Labute approximate surface area is 271 Å². The van der Waals surface area contributed by atoms with Crippen molar-refractivity contribution in [1.29, 1.82) is 0 Å². The topological polar surface area (TPSA) is 155 Å². The number of carbonyl (C=O) groups excluding carboxylic acids is 4. The van der Waals surface area contributed by atoms with E-state index in [1.54, 1.807) is 13.0 Å². The van der Waals surface area contributed by atoms with Gasteiger partial charge in [-0.3, -0.25) is 24.1 Å². The average Bonchev–Trinajstić information content (AvgIpc) is 3.58. The van der Waals surface area contributed by atoms with Crippen LogP contribution in [0.3, 0.4) is 0 Å². The van der Waals surface area contributed by atoms with Gasteiger partial charge in [-0.25, -0.2) is 0 Å². The summed E-state index contributed by atoms with van der Waals surface area (Å²) in [7, 11) is 0. The Morgan fingerprint density at radius 1 is 0.957 bits per heavy atom. The maximum atomic E-state index is 13.8. The van der Waals surface area contributed by atoms with Gasteiger partial charge in [0.15, 0.2) is 17.2 Å². The number of ether oxygens (including phenoxy) is 2. The second kappa shape index (κ2) is 15.8. The van der Waals surface area contributed by atoms with Gasteiger partial charge >= 0.3 is 0 Å². The van der Waals surface area contributed by atoms with Gasteiger partial charge in [-0.1, -0.05) is 63.2 Å². The number of rotatable bonds is 16. The van der Waals surface area contributed by atoms with Crippen molar-refractivity contribution in [3.05, 3.63) is 53.4 Å². The van der Waals surface area contributed by atoms with Crippen LogP contribution in [0.2, 0.25) is 0 Å². The maximum absolute atomic E-state index is 13.8. The fourth-order valence-electron chi connectivity index (χ4n) is 5.55. The highest BCUT2D eigenvalue weighted by Gasteiger charge is 2.50. The van der Waals surface area contributed by atoms with Crippen LogP contribution in [0, 0.1) is 11.8 Å². The van der Waals surface area contributed by atoms with Crippen LogP contribution in [0.5, 0.6) is 0 Å². The highest BCUT2D eigenvalue weighted by Crippen LogP contribution is 2.29. The zero-order valence-electron chi connectivity index (χ0n) is 27.8. The van der Waals surface area contributed by atoms with Crippen LogP contribution >= 0.6 is 0 Å². The number of morpholine rings is 1. The first-order chi connectivity index (χ1) is 21.8. The SMILES string of the molecule is CC(C)C[C@H](NC(=O)c1cc(CN2CCOC[C@@H]2C)on1)C(=O)N[C@@H](Cc1ccccc1)C(=O)N[C@@H](CC(C)C)C(=O)[C@@]1(C)CO1. The average molecular weight is 640 g/mol.